The standard InChI is InChI=1S/C14H12FNO2/c15-10-3-1-2-4-12(10)18-14-7-9-5-6-17-13(9)8-11(14)16/h1-4,7-8H,5-6,16H2. The zero-order valence-electron chi connectivity index (χ0n) is 9.65. The third-order valence-electron chi connectivity index (χ3n) is 2.88. The lowest BCUT2D eigenvalue weighted by atomic mass is 10.1. The smallest absolute Gasteiger partial charge is 0.165 e. The van der Waals surface area contributed by atoms with E-state index < -0.39 is 5.82 Å². The van der Waals surface area contributed by atoms with E-state index in [0.29, 0.717) is 18.0 Å². The normalized spacial score (nSPS) is 12.9. The number of benzene rings is 2. The summed E-state index contributed by atoms with van der Waals surface area (Å²) in [6, 6.07) is 9.77. The predicted octanol–water partition coefficient (Wildman–Crippen LogP) is 3.14. The second-order valence-corrected chi connectivity index (χ2v) is 4.13. The molecule has 3 rings (SSSR count). The highest BCUT2D eigenvalue weighted by Crippen LogP contribution is 2.37. The summed E-state index contributed by atoms with van der Waals surface area (Å²) in [6.07, 6.45) is 0.823. The van der Waals surface area contributed by atoms with Crippen molar-refractivity contribution in [1.29, 1.82) is 0 Å². The van der Waals surface area contributed by atoms with Crippen molar-refractivity contribution in [2.24, 2.45) is 0 Å². The number of anilines is 1. The van der Waals surface area contributed by atoms with Gasteiger partial charge in [0.2, 0.25) is 0 Å². The van der Waals surface area contributed by atoms with Gasteiger partial charge in [0.25, 0.3) is 0 Å². The van der Waals surface area contributed by atoms with E-state index in [9.17, 15) is 4.39 Å². The molecule has 0 fully saturated rings. The third-order valence-corrected chi connectivity index (χ3v) is 2.88. The Morgan fingerprint density at radius 3 is 2.83 bits per heavy atom. The first-order valence-electron chi connectivity index (χ1n) is 5.71. The van der Waals surface area contributed by atoms with Crippen LogP contribution in [-0.2, 0) is 6.42 Å². The Hall–Kier alpha value is -2.23. The van der Waals surface area contributed by atoms with Crippen LogP contribution >= 0.6 is 0 Å². The maximum absolute atomic E-state index is 13.5. The zero-order chi connectivity index (χ0) is 12.5. The molecule has 0 atom stereocenters. The number of halogens is 1. The molecule has 2 aromatic rings. The van der Waals surface area contributed by atoms with Crippen LogP contribution in [0.25, 0.3) is 0 Å². The molecular formula is C14H12FNO2. The highest BCUT2D eigenvalue weighted by molar-refractivity contribution is 5.61. The molecule has 4 heteroatoms. The molecule has 2 N–H and O–H groups in total. The van der Waals surface area contributed by atoms with Crippen molar-refractivity contribution >= 4 is 5.69 Å². The van der Waals surface area contributed by atoms with Crippen molar-refractivity contribution in [3.63, 3.8) is 0 Å². The number of rotatable bonds is 2. The van der Waals surface area contributed by atoms with E-state index in [2.05, 4.69) is 0 Å². The van der Waals surface area contributed by atoms with E-state index in [1.807, 2.05) is 6.07 Å². The van der Waals surface area contributed by atoms with Gasteiger partial charge in [-0.25, -0.2) is 4.39 Å². The second kappa shape index (κ2) is 4.22. The molecule has 18 heavy (non-hydrogen) atoms. The van der Waals surface area contributed by atoms with Crippen LogP contribution in [0.4, 0.5) is 10.1 Å². The molecule has 0 amide bonds. The van der Waals surface area contributed by atoms with Gasteiger partial charge in [0.1, 0.15) is 5.75 Å². The minimum Gasteiger partial charge on any atom is -0.493 e. The molecule has 1 heterocycles. The quantitative estimate of drug-likeness (QED) is 0.827. The van der Waals surface area contributed by atoms with Gasteiger partial charge in [0.05, 0.1) is 12.3 Å². The Bertz CT molecular complexity index is 598. The number of para-hydroxylation sites is 1. The molecule has 3 nitrogen and oxygen atoms in total. The highest BCUT2D eigenvalue weighted by Gasteiger charge is 2.16. The maximum atomic E-state index is 13.5. The first-order chi connectivity index (χ1) is 8.74. The number of fused-ring (bicyclic) bond motifs is 1. The molecule has 92 valence electrons. The number of hydrogen-bond acceptors (Lipinski definition) is 3. The molecule has 1 aliphatic heterocycles. The van der Waals surface area contributed by atoms with Crippen molar-refractivity contribution < 1.29 is 13.9 Å². The first-order valence-corrected chi connectivity index (χ1v) is 5.71. The van der Waals surface area contributed by atoms with Crippen molar-refractivity contribution in [3.8, 4) is 17.2 Å². The molecule has 2 aromatic carbocycles. The molecule has 0 spiro atoms. The number of nitrogens with two attached hydrogens (primary N) is 1. The lowest BCUT2D eigenvalue weighted by Gasteiger charge is -2.10. The summed E-state index contributed by atoms with van der Waals surface area (Å²) in [4.78, 5) is 0. The summed E-state index contributed by atoms with van der Waals surface area (Å²) in [6.45, 7) is 0.651. The van der Waals surface area contributed by atoms with Crippen LogP contribution < -0.4 is 15.2 Å². The molecule has 0 aliphatic carbocycles. The Balaban J connectivity index is 1.96. The Morgan fingerprint density at radius 1 is 1.17 bits per heavy atom. The van der Waals surface area contributed by atoms with Crippen LogP contribution in [0.1, 0.15) is 5.56 Å². The van der Waals surface area contributed by atoms with Gasteiger partial charge in [0, 0.05) is 18.1 Å². The molecule has 0 saturated heterocycles. The monoisotopic (exact) mass is 245 g/mol. The van der Waals surface area contributed by atoms with E-state index in [4.69, 9.17) is 15.2 Å². The summed E-state index contributed by atoms with van der Waals surface area (Å²) in [5.74, 6) is 1.01. The highest BCUT2D eigenvalue weighted by atomic mass is 19.1. The SMILES string of the molecule is Nc1cc2c(cc1Oc1ccccc1F)CCO2. The second-order valence-electron chi connectivity index (χ2n) is 4.13. The predicted molar refractivity (Wildman–Crippen MR) is 66.5 cm³/mol. The minimum atomic E-state index is -0.409. The molecule has 0 bridgehead atoms. The molecule has 0 unspecified atom stereocenters. The topological polar surface area (TPSA) is 44.5 Å². The van der Waals surface area contributed by atoms with Crippen LogP contribution in [0.5, 0.6) is 17.2 Å². The maximum Gasteiger partial charge on any atom is 0.165 e. The summed E-state index contributed by atoms with van der Waals surface area (Å²) in [5, 5.41) is 0. The molecule has 1 aliphatic rings. The average Bonchev–Trinajstić information content (AvgIpc) is 2.79. The Morgan fingerprint density at radius 2 is 2.00 bits per heavy atom. The van der Waals surface area contributed by atoms with Gasteiger partial charge in [-0.2, -0.15) is 0 Å². The fourth-order valence-electron chi connectivity index (χ4n) is 1.95. The largest absolute Gasteiger partial charge is 0.493 e. The summed E-state index contributed by atoms with van der Waals surface area (Å²) >= 11 is 0. The fraction of sp³-hybridized carbons (Fsp3) is 0.143. The van der Waals surface area contributed by atoms with Gasteiger partial charge in [-0.15, -0.1) is 0 Å². The van der Waals surface area contributed by atoms with Gasteiger partial charge >= 0.3 is 0 Å². The van der Waals surface area contributed by atoms with E-state index in [1.165, 1.54) is 6.07 Å². The van der Waals surface area contributed by atoms with Gasteiger partial charge in [0.15, 0.2) is 17.3 Å². The van der Waals surface area contributed by atoms with Crippen LogP contribution in [0.2, 0.25) is 0 Å². The van der Waals surface area contributed by atoms with Gasteiger partial charge in [-0.1, -0.05) is 12.1 Å². The van der Waals surface area contributed by atoms with Gasteiger partial charge < -0.3 is 15.2 Å². The van der Waals surface area contributed by atoms with Crippen LogP contribution in [0, 0.1) is 5.82 Å². The molecule has 0 radical (unpaired) electrons. The average molecular weight is 245 g/mol. The summed E-state index contributed by atoms with van der Waals surface area (Å²) in [5.41, 5.74) is 7.35. The van der Waals surface area contributed by atoms with E-state index in [0.717, 1.165) is 17.7 Å². The molecule has 0 aromatic heterocycles. The minimum absolute atomic E-state index is 0.170. The van der Waals surface area contributed by atoms with Crippen molar-refractivity contribution in [1.82, 2.24) is 0 Å². The van der Waals surface area contributed by atoms with Crippen molar-refractivity contribution in [2.75, 3.05) is 12.3 Å². The lowest BCUT2D eigenvalue weighted by molar-refractivity contribution is 0.357. The van der Waals surface area contributed by atoms with Crippen molar-refractivity contribution in [3.05, 3.63) is 47.8 Å². The van der Waals surface area contributed by atoms with Gasteiger partial charge in [-0.05, 0) is 18.2 Å². The van der Waals surface area contributed by atoms with E-state index in [-0.39, 0.29) is 5.75 Å². The third kappa shape index (κ3) is 1.86. The zero-order valence-corrected chi connectivity index (χ0v) is 9.65. The summed E-state index contributed by atoms with van der Waals surface area (Å²) < 4.78 is 24.4. The first kappa shape index (κ1) is 10.9. The van der Waals surface area contributed by atoms with Crippen LogP contribution in [0.15, 0.2) is 36.4 Å². The number of ether oxygens (including phenoxy) is 2. The fourth-order valence-corrected chi connectivity index (χ4v) is 1.95. The van der Waals surface area contributed by atoms with Crippen LogP contribution in [-0.4, -0.2) is 6.61 Å². The van der Waals surface area contributed by atoms with E-state index in [1.54, 1.807) is 24.3 Å². The molecular weight excluding hydrogens is 233 g/mol. The lowest BCUT2D eigenvalue weighted by Crippen LogP contribution is -1.95. The Labute approximate surface area is 104 Å². The van der Waals surface area contributed by atoms with Gasteiger partial charge in [-0.3, -0.25) is 0 Å². The number of hydrogen-bond donors (Lipinski definition) is 1. The number of nitrogen functional groups attached to an aromatic ring is 1. The summed E-state index contributed by atoms with van der Waals surface area (Å²) in [7, 11) is 0. The van der Waals surface area contributed by atoms with Crippen molar-refractivity contribution in [2.45, 2.75) is 6.42 Å². The van der Waals surface area contributed by atoms with E-state index >= 15 is 0 Å². The van der Waals surface area contributed by atoms with Crippen LogP contribution in [0.3, 0.4) is 0 Å². The Kier molecular flexibility index (Phi) is 2.55. The molecule has 0 saturated carbocycles.